The van der Waals surface area contributed by atoms with E-state index in [9.17, 15) is 9.50 Å². The molecule has 1 saturated heterocycles. The lowest BCUT2D eigenvalue weighted by Crippen LogP contribution is -2.36. The maximum Gasteiger partial charge on any atom is 0.151 e. The Labute approximate surface area is 129 Å². The fourth-order valence-electron chi connectivity index (χ4n) is 2.71. The van der Waals surface area contributed by atoms with Crippen molar-refractivity contribution in [3.63, 3.8) is 0 Å². The molecule has 0 unspecified atom stereocenters. The Morgan fingerprint density at radius 3 is 2.82 bits per heavy atom. The zero-order valence-electron chi connectivity index (χ0n) is 12.4. The van der Waals surface area contributed by atoms with Crippen LogP contribution < -0.4 is 10.2 Å². The molecule has 1 aliphatic heterocycles. The number of pyridine rings is 1. The molecule has 0 bridgehead atoms. The SMILES string of the molecule is OC1CCN(c2ncccc2NCc2cccc(F)c2)CC1. The predicted octanol–water partition coefficient (Wildman–Crippen LogP) is 2.79. The molecule has 2 N–H and O–H groups in total. The van der Waals surface area contributed by atoms with Crippen LogP contribution in [0.2, 0.25) is 0 Å². The van der Waals surface area contributed by atoms with Crippen LogP contribution in [0.4, 0.5) is 15.9 Å². The van der Waals surface area contributed by atoms with Gasteiger partial charge in [0.15, 0.2) is 5.82 Å². The van der Waals surface area contributed by atoms with E-state index >= 15 is 0 Å². The highest BCUT2D eigenvalue weighted by Gasteiger charge is 2.20. The molecule has 116 valence electrons. The molecule has 2 heterocycles. The minimum absolute atomic E-state index is 0.205. The first-order valence-corrected chi connectivity index (χ1v) is 7.59. The first-order valence-electron chi connectivity index (χ1n) is 7.59. The first-order chi connectivity index (χ1) is 10.7. The summed E-state index contributed by atoms with van der Waals surface area (Å²) in [5, 5.41) is 13.0. The molecule has 1 aliphatic rings. The van der Waals surface area contributed by atoms with Crippen molar-refractivity contribution in [3.05, 3.63) is 54.0 Å². The lowest BCUT2D eigenvalue weighted by molar-refractivity contribution is 0.145. The van der Waals surface area contributed by atoms with Crippen LogP contribution in [-0.4, -0.2) is 29.3 Å². The monoisotopic (exact) mass is 301 g/mol. The van der Waals surface area contributed by atoms with Gasteiger partial charge in [0, 0.05) is 25.8 Å². The summed E-state index contributed by atoms with van der Waals surface area (Å²) >= 11 is 0. The summed E-state index contributed by atoms with van der Waals surface area (Å²) in [7, 11) is 0. The van der Waals surface area contributed by atoms with Gasteiger partial charge in [0.2, 0.25) is 0 Å². The summed E-state index contributed by atoms with van der Waals surface area (Å²) in [6, 6.07) is 10.4. The van der Waals surface area contributed by atoms with Gasteiger partial charge in [-0.2, -0.15) is 0 Å². The largest absolute Gasteiger partial charge is 0.393 e. The van der Waals surface area contributed by atoms with Crippen molar-refractivity contribution < 1.29 is 9.50 Å². The lowest BCUT2D eigenvalue weighted by Gasteiger charge is -2.31. The van der Waals surface area contributed by atoms with Gasteiger partial charge in [-0.3, -0.25) is 0 Å². The summed E-state index contributed by atoms with van der Waals surface area (Å²) in [6.07, 6.45) is 3.09. The normalized spacial score (nSPS) is 15.8. The zero-order valence-corrected chi connectivity index (χ0v) is 12.4. The minimum atomic E-state index is -0.226. The van der Waals surface area contributed by atoms with Crippen molar-refractivity contribution in [3.8, 4) is 0 Å². The van der Waals surface area contributed by atoms with Crippen LogP contribution in [-0.2, 0) is 6.54 Å². The highest BCUT2D eigenvalue weighted by Crippen LogP contribution is 2.26. The van der Waals surface area contributed by atoms with Gasteiger partial charge in [-0.25, -0.2) is 9.37 Å². The van der Waals surface area contributed by atoms with Crippen LogP contribution in [0.3, 0.4) is 0 Å². The maximum atomic E-state index is 13.2. The number of aliphatic hydroxyl groups is 1. The van der Waals surface area contributed by atoms with E-state index in [1.807, 2.05) is 18.2 Å². The van der Waals surface area contributed by atoms with Crippen LogP contribution in [0.25, 0.3) is 0 Å². The Morgan fingerprint density at radius 1 is 1.23 bits per heavy atom. The van der Waals surface area contributed by atoms with E-state index in [1.54, 1.807) is 12.3 Å². The summed E-state index contributed by atoms with van der Waals surface area (Å²) in [6.45, 7) is 2.15. The van der Waals surface area contributed by atoms with E-state index < -0.39 is 0 Å². The van der Waals surface area contributed by atoms with Crippen molar-refractivity contribution in [2.24, 2.45) is 0 Å². The Balaban J connectivity index is 1.71. The third-order valence-electron chi connectivity index (χ3n) is 3.92. The van der Waals surface area contributed by atoms with Gasteiger partial charge in [0.25, 0.3) is 0 Å². The number of hydrogen-bond donors (Lipinski definition) is 2. The molecule has 0 saturated carbocycles. The molecule has 1 aromatic heterocycles. The Hall–Kier alpha value is -2.14. The molecule has 22 heavy (non-hydrogen) atoms. The molecule has 0 spiro atoms. The number of benzene rings is 1. The van der Waals surface area contributed by atoms with Gasteiger partial charge in [-0.05, 0) is 42.7 Å². The zero-order chi connectivity index (χ0) is 15.4. The Morgan fingerprint density at radius 2 is 2.05 bits per heavy atom. The van der Waals surface area contributed by atoms with Crippen molar-refractivity contribution in [1.82, 2.24) is 4.98 Å². The average molecular weight is 301 g/mol. The standard InChI is InChI=1S/C17H20FN3O/c18-14-4-1-3-13(11-14)12-20-16-5-2-8-19-17(16)21-9-6-15(22)7-10-21/h1-5,8,11,15,20,22H,6-7,9-10,12H2. The number of piperidine rings is 1. The van der Waals surface area contributed by atoms with E-state index in [2.05, 4.69) is 15.2 Å². The van der Waals surface area contributed by atoms with Gasteiger partial charge >= 0.3 is 0 Å². The summed E-state index contributed by atoms with van der Waals surface area (Å²) < 4.78 is 13.2. The van der Waals surface area contributed by atoms with E-state index in [-0.39, 0.29) is 11.9 Å². The highest BCUT2D eigenvalue weighted by atomic mass is 19.1. The van der Waals surface area contributed by atoms with E-state index in [1.165, 1.54) is 12.1 Å². The van der Waals surface area contributed by atoms with Crippen LogP contribution in [0, 0.1) is 5.82 Å². The fraction of sp³-hybridized carbons (Fsp3) is 0.353. The van der Waals surface area contributed by atoms with E-state index in [4.69, 9.17) is 0 Å². The lowest BCUT2D eigenvalue weighted by atomic mass is 10.1. The van der Waals surface area contributed by atoms with Crippen LogP contribution in [0.15, 0.2) is 42.6 Å². The number of anilines is 2. The quantitative estimate of drug-likeness (QED) is 0.911. The summed E-state index contributed by atoms with van der Waals surface area (Å²) in [4.78, 5) is 6.65. The Bertz CT molecular complexity index is 627. The molecule has 1 fully saturated rings. The number of aliphatic hydroxyl groups excluding tert-OH is 1. The number of rotatable bonds is 4. The topological polar surface area (TPSA) is 48.4 Å². The number of halogens is 1. The van der Waals surface area contributed by atoms with Crippen LogP contribution in [0.5, 0.6) is 0 Å². The molecule has 4 nitrogen and oxygen atoms in total. The number of nitrogens with zero attached hydrogens (tertiary/aromatic N) is 2. The maximum absolute atomic E-state index is 13.2. The predicted molar refractivity (Wildman–Crippen MR) is 85.4 cm³/mol. The summed E-state index contributed by atoms with van der Waals surface area (Å²) in [5.41, 5.74) is 1.83. The van der Waals surface area contributed by atoms with Gasteiger partial charge in [-0.1, -0.05) is 12.1 Å². The van der Waals surface area contributed by atoms with Gasteiger partial charge in [-0.15, -0.1) is 0 Å². The molecule has 3 rings (SSSR count). The molecule has 0 radical (unpaired) electrons. The third kappa shape index (κ3) is 3.54. The van der Waals surface area contributed by atoms with E-state index in [0.717, 1.165) is 43.0 Å². The second-order valence-electron chi connectivity index (χ2n) is 5.58. The van der Waals surface area contributed by atoms with E-state index in [0.29, 0.717) is 6.54 Å². The molecule has 0 atom stereocenters. The molecule has 5 heteroatoms. The molecule has 0 amide bonds. The first kappa shape index (κ1) is 14.8. The number of nitrogens with one attached hydrogen (secondary N) is 1. The number of hydrogen-bond acceptors (Lipinski definition) is 4. The van der Waals surface area contributed by atoms with Crippen LogP contribution in [0.1, 0.15) is 18.4 Å². The smallest absolute Gasteiger partial charge is 0.151 e. The second-order valence-corrected chi connectivity index (χ2v) is 5.58. The van der Waals surface area contributed by atoms with Gasteiger partial charge < -0.3 is 15.3 Å². The van der Waals surface area contributed by atoms with Crippen molar-refractivity contribution >= 4 is 11.5 Å². The highest BCUT2D eigenvalue weighted by molar-refractivity contribution is 5.65. The molecular weight excluding hydrogens is 281 g/mol. The molecule has 1 aromatic carbocycles. The third-order valence-corrected chi connectivity index (χ3v) is 3.92. The van der Waals surface area contributed by atoms with Crippen molar-refractivity contribution in [2.45, 2.75) is 25.5 Å². The Kier molecular flexibility index (Phi) is 4.53. The average Bonchev–Trinajstić information content (AvgIpc) is 2.54. The van der Waals surface area contributed by atoms with Crippen molar-refractivity contribution in [1.29, 1.82) is 0 Å². The minimum Gasteiger partial charge on any atom is -0.393 e. The molecule has 0 aliphatic carbocycles. The van der Waals surface area contributed by atoms with Gasteiger partial charge in [0.1, 0.15) is 5.82 Å². The fourth-order valence-corrected chi connectivity index (χ4v) is 2.71. The second kappa shape index (κ2) is 6.75. The molecule has 2 aromatic rings. The van der Waals surface area contributed by atoms with Crippen LogP contribution >= 0.6 is 0 Å². The number of aromatic nitrogens is 1. The molecular formula is C17H20FN3O. The summed E-state index contributed by atoms with van der Waals surface area (Å²) in [5.74, 6) is 0.668. The van der Waals surface area contributed by atoms with Crippen molar-refractivity contribution in [2.75, 3.05) is 23.3 Å². The van der Waals surface area contributed by atoms with Gasteiger partial charge in [0.05, 0.1) is 11.8 Å².